The molecule has 2 N–H and O–H groups in total. The van der Waals surface area contributed by atoms with E-state index in [9.17, 15) is 10.0 Å². The minimum atomic E-state index is -1.46. The second-order valence-corrected chi connectivity index (χ2v) is 25.7. The molecule has 0 heterocycles. The summed E-state index contributed by atoms with van der Waals surface area (Å²) in [4.78, 5) is 0. The average Bonchev–Trinajstić information content (AvgIpc) is 0.715. The van der Waals surface area contributed by atoms with E-state index < -0.39 is 7.12 Å². The fourth-order valence-electron chi connectivity index (χ4n) is 14.8. The van der Waals surface area contributed by atoms with Gasteiger partial charge >= 0.3 is 7.12 Å². The van der Waals surface area contributed by atoms with Crippen LogP contribution in [0.1, 0.15) is 0 Å². The third-order valence-electron chi connectivity index (χ3n) is 19.1. The number of benzene rings is 18. The molecule has 462 valence electrons. The lowest BCUT2D eigenvalue weighted by atomic mass is 9.79. The zero-order valence-electron chi connectivity index (χ0n) is 53.6. The molecule has 98 heavy (non-hydrogen) atoms. The van der Waals surface area contributed by atoms with Crippen molar-refractivity contribution in [1.29, 1.82) is 0 Å². The van der Waals surface area contributed by atoms with Crippen molar-refractivity contribution in [3.8, 4) is 89.0 Å². The SMILES string of the molecule is Brc1ccc(-c2c3ccccc3c(-c3ccccc3)c3ccccc23)cc1.OB(O)c1ccc(-c2c3ccccc3c(-c3ccccc3)c3ccccc23)cc1.c1ccc(-c2c3ccccc3c(-c3ccc(-c4ccccc4)c4c(-c5ccccc5)cccc34)c3ccccc23)cc1. The Morgan fingerprint density at radius 3 is 0.694 bits per heavy atom. The number of rotatable bonds is 9. The maximum absolute atomic E-state index is 9.45. The van der Waals surface area contributed by atoms with Crippen LogP contribution in [-0.2, 0) is 0 Å². The van der Waals surface area contributed by atoms with Gasteiger partial charge in [0.05, 0.1) is 0 Å². The zero-order valence-corrected chi connectivity index (χ0v) is 55.2. The molecule has 18 aromatic rings. The molecule has 0 saturated carbocycles. The van der Waals surface area contributed by atoms with Crippen LogP contribution >= 0.6 is 15.9 Å². The van der Waals surface area contributed by atoms with Crippen molar-refractivity contribution in [2.75, 3.05) is 0 Å². The number of halogens is 1. The molecular weight excluding hydrogens is 1250 g/mol. The quantitative estimate of drug-likeness (QED) is 0.112. The van der Waals surface area contributed by atoms with E-state index in [1.807, 2.05) is 18.2 Å². The minimum Gasteiger partial charge on any atom is -0.423 e. The van der Waals surface area contributed by atoms with Gasteiger partial charge in [-0.3, -0.25) is 0 Å². The van der Waals surface area contributed by atoms with Crippen molar-refractivity contribution in [3.63, 3.8) is 0 Å². The molecule has 4 heteroatoms. The summed E-state index contributed by atoms with van der Waals surface area (Å²) < 4.78 is 1.10. The maximum Gasteiger partial charge on any atom is 0.488 e. The van der Waals surface area contributed by atoms with E-state index in [-0.39, 0.29) is 0 Å². The Morgan fingerprint density at radius 2 is 0.398 bits per heavy atom. The number of hydrogen-bond acceptors (Lipinski definition) is 2. The van der Waals surface area contributed by atoms with Crippen LogP contribution in [0.3, 0.4) is 0 Å². The smallest absolute Gasteiger partial charge is 0.423 e. The molecule has 0 aliphatic rings. The lowest BCUT2D eigenvalue weighted by molar-refractivity contribution is 0.426. The predicted molar refractivity (Wildman–Crippen MR) is 423 cm³/mol. The van der Waals surface area contributed by atoms with Crippen LogP contribution in [0.15, 0.2) is 381 Å². The van der Waals surface area contributed by atoms with Gasteiger partial charge in [-0.05, 0) is 182 Å². The van der Waals surface area contributed by atoms with Gasteiger partial charge in [-0.1, -0.05) is 380 Å². The van der Waals surface area contributed by atoms with Crippen LogP contribution in [0, 0.1) is 0 Å². The van der Waals surface area contributed by atoms with Crippen LogP contribution in [0.4, 0.5) is 0 Å². The van der Waals surface area contributed by atoms with E-state index >= 15 is 0 Å². The van der Waals surface area contributed by atoms with Gasteiger partial charge in [-0.25, -0.2) is 0 Å². The van der Waals surface area contributed by atoms with Crippen molar-refractivity contribution < 1.29 is 10.0 Å². The first-order valence-corrected chi connectivity index (χ1v) is 34.1. The second-order valence-electron chi connectivity index (χ2n) is 24.7. The Bertz CT molecular complexity index is 5710. The van der Waals surface area contributed by atoms with Crippen LogP contribution in [-0.4, -0.2) is 17.2 Å². The van der Waals surface area contributed by atoms with Gasteiger partial charge in [-0.15, -0.1) is 0 Å². The summed E-state index contributed by atoms with van der Waals surface area (Å²) in [6.45, 7) is 0. The molecule has 18 aromatic carbocycles. The Hall–Kier alpha value is -11.8. The fraction of sp³-hybridized carbons (Fsp3) is 0. The van der Waals surface area contributed by atoms with Gasteiger partial charge in [0.25, 0.3) is 0 Å². The standard InChI is InChI=1S/C42H28.C26H19BO2.C26H17Br/c1-4-15-29(16-5-1)32-25-14-26-38-39(28-27-33(41(32)38)30-17-6-2-7-18-30)42-36-23-12-10-21-34(36)40(31-19-8-3-9-20-31)35-22-11-13-24-37(35)42;28-27(29)20-16-14-19(15-17-20)26-23-12-6-4-10-21(23)25(18-8-2-1-3-9-18)22-11-5-7-13-24(22)26;27-20-16-14-19(15-17-20)26-23-12-6-4-10-21(23)25(18-8-2-1-3-9-18)22-11-5-7-13-24(22)26/h1-28H;1-17,28-29H;1-17H. The first-order chi connectivity index (χ1) is 48.4. The third-order valence-corrected chi connectivity index (χ3v) is 19.6. The largest absolute Gasteiger partial charge is 0.488 e. The fourth-order valence-corrected chi connectivity index (χ4v) is 15.1. The van der Waals surface area contributed by atoms with Crippen LogP contribution in [0.2, 0.25) is 0 Å². The molecule has 0 bridgehead atoms. The summed E-state index contributed by atoms with van der Waals surface area (Å²) in [5, 5.41) is 36.5. The summed E-state index contributed by atoms with van der Waals surface area (Å²) in [6, 6.07) is 133. The Labute approximate surface area is 579 Å². The molecule has 0 radical (unpaired) electrons. The molecule has 0 aliphatic heterocycles. The second kappa shape index (κ2) is 27.2. The number of hydrogen-bond donors (Lipinski definition) is 2. The third kappa shape index (κ3) is 11.5. The van der Waals surface area contributed by atoms with Crippen LogP contribution < -0.4 is 5.46 Å². The Morgan fingerprint density at radius 1 is 0.173 bits per heavy atom. The molecule has 0 aromatic heterocycles. The average molecular weight is 1320 g/mol. The monoisotopic (exact) mass is 1310 g/mol. The summed E-state index contributed by atoms with van der Waals surface area (Å²) in [6.07, 6.45) is 0. The van der Waals surface area contributed by atoms with E-state index in [1.54, 1.807) is 12.1 Å². The van der Waals surface area contributed by atoms with Crippen molar-refractivity contribution >= 4 is 104 Å². The summed E-state index contributed by atoms with van der Waals surface area (Å²) in [7, 11) is -1.46. The molecule has 0 atom stereocenters. The zero-order chi connectivity index (χ0) is 65.9. The lowest BCUT2D eigenvalue weighted by Crippen LogP contribution is -2.29. The van der Waals surface area contributed by atoms with Gasteiger partial charge in [0.1, 0.15) is 0 Å². The Kier molecular flexibility index (Phi) is 16.9. The van der Waals surface area contributed by atoms with E-state index in [4.69, 9.17) is 0 Å². The molecule has 18 rings (SSSR count). The highest BCUT2D eigenvalue weighted by Crippen LogP contribution is 2.50. The summed E-state index contributed by atoms with van der Waals surface area (Å²) >= 11 is 3.56. The van der Waals surface area contributed by atoms with E-state index in [1.165, 1.54) is 153 Å². The molecule has 2 nitrogen and oxygen atoms in total. The first kappa shape index (κ1) is 61.1. The normalized spacial score (nSPS) is 11.2. The van der Waals surface area contributed by atoms with Gasteiger partial charge in [-0.2, -0.15) is 0 Å². The molecule has 0 aliphatic carbocycles. The van der Waals surface area contributed by atoms with E-state index in [2.05, 4.69) is 362 Å². The van der Waals surface area contributed by atoms with Gasteiger partial charge in [0, 0.05) is 4.47 Å². The van der Waals surface area contributed by atoms with Crippen molar-refractivity contribution in [2.24, 2.45) is 0 Å². The van der Waals surface area contributed by atoms with Crippen LogP contribution in [0.25, 0.3) is 164 Å². The summed E-state index contributed by atoms with van der Waals surface area (Å²) in [5.74, 6) is 0. The molecule has 0 amide bonds. The maximum atomic E-state index is 9.45. The highest BCUT2D eigenvalue weighted by atomic mass is 79.9. The van der Waals surface area contributed by atoms with E-state index in [0.29, 0.717) is 5.46 Å². The van der Waals surface area contributed by atoms with Crippen LogP contribution in [0.5, 0.6) is 0 Å². The summed E-state index contributed by atoms with van der Waals surface area (Å²) in [5.41, 5.74) is 20.3. The first-order valence-electron chi connectivity index (χ1n) is 33.3. The molecule has 0 saturated heterocycles. The van der Waals surface area contributed by atoms with Gasteiger partial charge in [0.15, 0.2) is 0 Å². The minimum absolute atomic E-state index is 0.489. The van der Waals surface area contributed by atoms with Crippen molar-refractivity contribution in [2.45, 2.75) is 0 Å². The topological polar surface area (TPSA) is 40.5 Å². The van der Waals surface area contributed by atoms with Crippen molar-refractivity contribution in [1.82, 2.24) is 0 Å². The molecular formula is C94H64BBrO2. The van der Waals surface area contributed by atoms with Gasteiger partial charge < -0.3 is 10.0 Å². The van der Waals surface area contributed by atoms with Crippen molar-refractivity contribution in [3.05, 3.63) is 381 Å². The number of fused-ring (bicyclic) bond motifs is 7. The highest BCUT2D eigenvalue weighted by Gasteiger charge is 2.23. The highest BCUT2D eigenvalue weighted by molar-refractivity contribution is 9.10. The molecule has 0 unspecified atom stereocenters. The molecule has 0 fully saturated rings. The molecule has 0 spiro atoms. The van der Waals surface area contributed by atoms with E-state index in [0.717, 1.165) is 15.6 Å². The van der Waals surface area contributed by atoms with Gasteiger partial charge in [0.2, 0.25) is 0 Å². The lowest BCUT2D eigenvalue weighted by Gasteiger charge is -2.20. The predicted octanol–water partition coefficient (Wildman–Crippen LogP) is 24.9. The Balaban J connectivity index is 0.000000119.